The zero-order chi connectivity index (χ0) is 14.3. The normalized spacial score (nSPS) is 11.6. The SMILES string of the molecule is COC(=O)CC=Cc1ccccc1C=C(C)C(=O)O. The van der Waals surface area contributed by atoms with Gasteiger partial charge in [-0.1, -0.05) is 36.4 Å². The molecule has 0 aliphatic rings. The van der Waals surface area contributed by atoms with Crippen molar-refractivity contribution in [1.29, 1.82) is 0 Å². The molecule has 0 spiro atoms. The third-order valence-corrected chi connectivity index (χ3v) is 2.51. The molecule has 0 heterocycles. The number of hydrogen-bond donors (Lipinski definition) is 1. The lowest BCUT2D eigenvalue weighted by atomic mass is 10.0. The van der Waals surface area contributed by atoms with Gasteiger partial charge < -0.3 is 9.84 Å². The van der Waals surface area contributed by atoms with E-state index in [0.29, 0.717) is 0 Å². The zero-order valence-electron chi connectivity index (χ0n) is 10.9. The number of carbonyl (C=O) groups is 2. The Morgan fingerprint density at radius 3 is 2.47 bits per heavy atom. The van der Waals surface area contributed by atoms with E-state index in [-0.39, 0.29) is 18.0 Å². The molecule has 1 N–H and O–H groups in total. The molecule has 0 aromatic heterocycles. The Morgan fingerprint density at radius 2 is 1.89 bits per heavy atom. The first-order valence-corrected chi connectivity index (χ1v) is 5.78. The maximum Gasteiger partial charge on any atom is 0.331 e. The second kappa shape index (κ2) is 7.16. The quantitative estimate of drug-likeness (QED) is 0.653. The summed E-state index contributed by atoms with van der Waals surface area (Å²) in [4.78, 5) is 21.8. The number of carboxylic acids is 1. The van der Waals surface area contributed by atoms with Crippen LogP contribution in [0.4, 0.5) is 0 Å². The van der Waals surface area contributed by atoms with E-state index in [0.717, 1.165) is 11.1 Å². The lowest BCUT2D eigenvalue weighted by Crippen LogP contribution is -1.97. The van der Waals surface area contributed by atoms with E-state index in [1.54, 1.807) is 18.2 Å². The first kappa shape index (κ1) is 14.7. The topological polar surface area (TPSA) is 63.6 Å². The number of benzene rings is 1. The number of ether oxygens (including phenoxy) is 1. The van der Waals surface area contributed by atoms with Gasteiger partial charge in [0.25, 0.3) is 0 Å². The van der Waals surface area contributed by atoms with Crippen LogP contribution in [0.1, 0.15) is 24.5 Å². The fraction of sp³-hybridized carbons (Fsp3) is 0.200. The maximum atomic E-state index is 11.0. The average Bonchev–Trinajstić information content (AvgIpc) is 2.40. The number of rotatable bonds is 5. The van der Waals surface area contributed by atoms with Gasteiger partial charge in [-0.05, 0) is 24.1 Å². The van der Waals surface area contributed by atoms with Gasteiger partial charge in [-0.25, -0.2) is 4.79 Å². The molecule has 0 radical (unpaired) electrons. The summed E-state index contributed by atoms with van der Waals surface area (Å²) in [6.07, 6.45) is 5.25. The Kier molecular flexibility index (Phi) is 5.54. The van der Waals surface area contributed by atoms with Crippen molar-refractivity contribution in [1.82, 2.24) is 0 Å². The van der Waals surface area contributed by atoms with Gasteiger partial charge in [-0.2, -0.15) is 0 Å². The van der Waals surface area contributed by atoms with Gasteiger partial charge in [-0.15, -0.1) is 0 Å². The molecular weight excluding hydrogens is 244 g/mol. The monoisotopic (exact) mass is 260 g/mol. The Bertz CT molecular complexity index is 527. The lowest BCUT2D eigenvalue weighted by molar-refractivity contribution is -0.139. The third-order valence-electron chi connectivity index (χ3n) is 2.51. The molecule has 0 bridgehead atoms. The molecule has 4 nitrogen and oxygen atoms in total. The molecule has 0 fully saturated rings. The molecule has 100 valence electrons. The standard InChI is InChI=1S/C15H16O4/c1-11(15(17)18)10-13-7-4-3-6-12(13)8-5-9-14(16)19-2/h3-8,10H,9H2,1-2H3,(H,17,18). The summed E-state index contributed by atoms with van der Waals surface area (Å²) in [5.74, 6) is -1.26. The van der Waals surface area contributed by atoms with Crippen LogP contribution in [0.15, 0.2) is 35.9 Å². The highest BCUT2D eigenvalue weighted by molar-refractivity contribution is 5.92. The number of hydrogen-bond acceptors (Lipinski definition) is 3. The van der Waals surface area contributed by atoms with E-state index in [1.165, 1.54) is 14.0 Å². The van der Waals surface area contributed by atoms with Crippen LogP contribution < -0.4 is 0 Å². The lowest BCUT2D eigenvalue weighted by Gasteiger charge is -2.01. The highest BCUT2D eigenvalue weighted by atomic mass is 16.5. The van der Waals surface area contributed by atoms with Crippen LogP contribution in [-0.2, 0) is 14.3 Å². The molecule has 0 aliphatic heterocycles. The maximum absolute atomic E-state index is 11.0. The fourth-order valence-electron chi connectivity index (χ4n) is 1.45. The van der Waals surface area contributed by atoms with Gasteiger partial charge in [0.15, 0.2) is 0 Å². The second-order valence-corrected chi connectivity index (χ2v) is 3.94. The summed E-state index contributed by atoms with van der Waals surface area (Å²) in [6, 6.07) is 7.36. The number of carboxylic acid groups (broad SMARTS) is 1. The molecular formula is C15H16O4. The van der Waals surface area contributed by atoms with Crippen LogP contribution in [0.25, 0.3) is 12.2 Å². The smallest absolute Gasteiger partial charge is 0.331 e. The molecule has 0 atom stereocenters. The van der Waals surface area contributed by atoms with Gasteiger partial charge >= 0.3 is 11.9 Å². The first-order chi connectivity index (χ1) is 9.04. The predicted molar refractivity (Wildman–Crippen MR) is 73.4 cm³/mol. The Morgan fingerprint density at radius 1 is 1.26 bits per heavy atom. The van der Waals surface area contributed by atoms with Crippen molar-refractivity contribution in [3.63, 3.8) is 0 Å². The first-order valence-electron chi connectivity index (χ1n) is 5.78. The van der Waals surface area contributed by atoms with Gasteiger partial charge in [0.2, 0.25) is 0 Å². The van der Waals surface area contributed by atoms with Crippen molar-refractivity contribution in [2.24, 2.45) is 0 Å². The van der Waals surface area contributed by atoms with Gasteiger partial charge in [0.1, 0.15) is 0 Å². The number of esters is 1. The number of carbonyl (C=O) groups excluding carboxylic acids is 1. The minimum atomic E-state index is -0.951. The highest BCUT2D eigenvalue weighted by Crippen LogP contribution is 2.15. The molecule has 0 unspecified atom stereocenters. The van der Waals surface area contributed by atoms with Crippen molar-refractivity contribution >= 4 is 24.1 Å². The summed E-state index contributed by atoms with van der Waals surface area (Å²) >= 11 is 0. The largest absolute Gasteiger partial charge is 0.478 e. The minimum Gasteiger partial charge on any atom is -0.478 e. The minimum absolute atomic E-state index is 0.187. The molecule has 1 rings (SSSR count). The molecule has 1 aromatic carbocycles. The molecule has 0 saturated carbocycles. The van der Waals surface area contributed by atoms with Crippen LogP contribution in [0.2, 0.25) is 0 Å². The molecule has 0 aliphatic carbocycles. The second-order valence-electron chi connectivity index (χ2n) is 3.94. The predicted octanol–water partition coefficient (Wildman–Crippen LogP) is 2.75. The van der Waals surface area contributed by atoms with Gasteiger partial charge in [-0.3, -0.25) is 4.79 Å². The van der Waals surface area contributed by atoms with Crippen LogP contribution in [0.3, 0.4) is 0 Å². The Balaban J connectivity index is 2.93. The Labute approximate surface area is 112 Å². The van der Waals surface area contributed by atoms with E-state index in [4.69, 9.17) is 5.11 Å². The van der Waals surface area contributed by atoms with Crippen molar-refractivity contribution in [3.05, 3.63) is 47.0 Å². The van der Waals surface area contributed by atoms with Crippen LogP contribution in [-0.4, -0.2) is 24.2 Å². The van der Waals surface area contributed by atoms with E-state index in [2.05, 4.69) is 4.74 Å². The number of aliphatic carboxylic acids is 1. The summed E-state index contributed by atoms with van der Waals surface area (Å²) in [7, 11) is 1.34. The zero-order valence-corrected chi connectivity index (χ0v) is 10.9. The molecule has 4 heteroatoms. The Hall–Kier alpha value is -2.36. The molecule has 1 aromatic rings. The number of methoxy groups -OCH3 is 1. The third kappa shape index (κ3) is 4.79. The molecule has 19 heavy (non-hydrogen) atoms. The summed E-state index contributed by atoms with van der Waals surface area (Å²) < 4.78 is 4.53. The summed E-state index contributed by atoms with van der Waals surface area (Å²) in [6.45, 7) is 1.54. The summed E-state index contributed by atoms with van der Waals surface area (Å²) in [5, 5.41) is 8.87. The average molecular weight is 260 g/mol. The van der Waals surface area contributed by atoms with E-state index < -0.39 is 5.97 Å². The van der Waals surface area contributed by atoms with Gasteiger partial charge in [0, 0.05) is 5.57 Å². The fourth-order valence-corrected chi connectivity index (χ4v) is 1.45. The van der Waals surface area contributed by atoms with Crippen LogP contribution in [0, 0.1) is 0 Å². The van der Waals surface area contributed by atoms with Crippen molar-refractivity contribution in [2.45, 2.75) is 13.3 Å². The van der Waals surface area contributed by atoms with Crippen LogP contribution >= 0.6 is 0 Å². The van der Waals surface area contributed by atoms with E-state index >= 15 is 0 Å². The van der Waals surface area contributed by atoms with Crippen molar-refractivity contribution in [3.8, 4) is 0 Å². The van der Waals surface area contributed by atoms with Crippen molar-refractivity contribution in [2.75, 3.05) is 7.11 Å². The van der Waals surface area contributed by atoms with E-state index in [9.17, 15) is 9.59 Å². The van der Waals surface area contributed by atoms with Crippen molar-refractivity contribution < 1.29 is 19.4 Å². The highest BCUT2D eigenvalue weighted by Gasteiger charge is 2.02. The molecule has 0 saturated heterocycles. The molecule has 0 amide bonds. The summed E-state index contributed by atoms with van der Waals surface area (Å²) in [5.41, 5.74) is 1.91. The van der Waals surface area contributed by atoms with Gasteiger partial charge in [0.05, 0.1) is 13.5 Å². The van der Waals surface area contributed by atoms with Crippen LogP contribution in [0.5, 0.6) is 0 Å². The van der Waals surface area contributed by atoms with E-state index in [1.807, 2.05) is 24.3 Å².